The Balaban J connectivity index is 2.92. The normalized spacial score (nSPS) is 11.1. The summed E-state index contributed by atoms with van der Waals surface area (Å²) >= 11 is 3.20. The minimum atomic E-state index is -0.748. The summed E-state index contributed by atoms with van der Waals surface area (Å²) in [5.74, 6) is -0.324. The van der Waals surface area contributed by atoms with Crippen LogP contribution in [0.15, 0.2) is 18.2 Å². The summed E-state index contributed by atoms with van der Waals surface area (Å²) in [5.41, 5.74) is 0.108. The van der Waals surface area contributed by atoms with Crippen molar-refractivity contribution in [1.29, 1.82) is 0 Å². The molecule has 0 aromatic heterocycles. The molecular formula is C11H13BrFNO2. The first-order valence-electron chi connectivity index (χ1n) is 4.68. The van der Waals surface area contributed by atoms with Crippen LogP contribution in [-0.4, -0.2) is 17.3 Å². The topological polar surface area (TPSA) is 38.3 Å². The van der Waals surface area contributed by atoms with E-state index in [2.05, 4.69) is 21.2 Å². The van der Waals surface area contributed by atoms with Crippen LogP contribution in [0.25, 0.3) is 0 Å². The number of carbonyl (C=O) groups is 1. The fourth-order valence-electron chi connectivity index (χ4n) is 0.998. The Hall–Kier alpha value is -1.10. The van der Waals surface area contributed by atoms with Crippen LogP contribution in [0.1, 0.15) is 13.8 Å². The minimum Gasteiger partial charge on any atom is -0.497 e. The van der Waals surface area contributed by atoms with Crippen LogP contribution >= 0.6 is 15.9 Å². The highest BCUT2D eigenvalue weighted by Crippen LogP contribution is 2.24. The quantitative estimate of drug-likeness (QED) is 0.869. The summed E-state index contributed by atoms with van der Waals surface area (Å²) in [7, 11) is 1.48. The standard InChI is InChI=1S/C11H13BrFNO2/c1-11(2,12)10(15)14-9-6-7(16-3)4-5-8(9)13/h4-6H,1-3H3,(H,14,15). The van der Waals surface area contributed by atoms with Crippen molar-refractivity contribution in [1.82, 2.24) is 0 Å². The number of hydrogen-bond acceptors (Lipinski definition) is 2. The first-order chi connectivity index (χ1) is 7.34. The zero-order valence-corrected chi connectivity index (χ0v) is 10.9. The van der Waals surface area contributed by atoms with Crippen molar-refractivity contribution in [3.63, 3.8) is 0 Å². The molecule has 0 atom stereocenters. The molecule has 0 saturated heterocycles. The summed E-state index contributed by atoms with van der Waals surface area (Å²) in [6.45, 7) is 3.36. The maximum absolute atomic E-state index is 13.4. The maximum Gasteiger partial charge on any atom is 0.240 e. The summed E-state index contributed by atoms with van der Waals surface area (Å²) < 4.78 is 17.6. The molecule has 0 heterocycles. The molecule has 1 rings (SSSR count). The molecule has 0 aliphatic rings. The fourth-order valence-corrected chi connectivity index (χ4v) is 1.10. The van der Waals surface area contributed by atoms with Crippen molar-refractivity contribution in [2.24, 2.45) is 0 Å². The molecule has 1 aromatic rings. The summed E-state index contributed by atoms with van der Waals surface area (Å²) in [6, 6.07) is 4.17. The fraction of sp³-hybridized carbons (Fsp3) is 0.364. The van der Waals surface area contributed by atoms with E-state index in [0.29, 0.717) is 5.75 Å². The highest BCUT2D eigenvalue weighted by molar-refractivity contribution is 9.10. The minimum absolute atomic E-state index is 0.108. The molecule has 0 fully saturated rings. The number of nitrogens with one attached hydrogen (secondary N) is 1. The molecule has 88 valence electrons. The van der Waals surface area contributed by atoms with E-state index in [9.17, 15) is 9.18 Å². The third-order valence-corrected chi connectivity index (χ3v) is 2.32. The zero-order valence-electron chi connectivity index (χ0n) is 9.30. The van der Waals surface area contributed by atoms with Gasteiger partial charge in [-0.1, -0.05) is 15.9 Å². The summed E-state index contributed by atoms with van der Waals surface area (Å²) in [6.07, 6.45) is 0. The monoisotopic (exact) mass is 289 g/mol. The van der Waals surface area contributed by atoms with Gasteiger partial charge in [0.15, 0.2) is 0 Å². The van der Waals surface area contributed by atoms with Crippen LogP contribution in [0.4, 0.5) is 10.1 Å². The smallest absolute Gasteiger partial charge is 0.240 e. The number of hydrogen-bond donors (Lipinski definition) is 1. The molecule has 3 nitrogen and oxygen atoms in total. The van der Waals surface area contributed by atoms with Gasteiger partial charge in [0.05, 0.1) is 17.1 Å². The second-order valence-electron chi connectivity index (χ2n) is 3.77. The van der Waals surface area contributed by atoms with Gasteiger partial charge in [0.2, 0.25) is 5.91 Å². The molecule has 5 heteroatoms. The molecule has 1 N–H and O–H groups in total. The van der Waals surface area contributed by atoms with Crippen molar-refractivity contribution >= 4 is 27.5 Å². The molecule has 0 unspecified atom stereocenters. The Bertz CT molecular complexity index is 401. The Labute approximate surface area is 102 Å². The molecule has 1 aromatic carbocycles. The lowest BCUT2D eigenvalue weighted by molar-refractivity contribution is -0.117. The van der Waals surface area contributed by atoms with Crippen LogP contribution in [0.3, 0.4) is 0 Å². The Morgan fingerprint density at radius 1 is 1.50 bits per heavy atom. The van der Waals surface area contributed by atoms with E-state index in [0.717, 1.165) is 0 Å². The van der Waals surface area contributed by atoms with Gasteiger partial charge in [-0.15, -0.1) is 0 Å². The summed E-state index contributed by atoms with van der Waals surface area (Å²) in [5, 5.41) is 2.48. The van der Waals surface area contributed by atoms with Crippen LogP contribution < -0.4 is 10.1 Å². The van der Waals surface area contributed by atoms with E-state index in [1.807, 2.05) is 0 Å². The number of alkyl halides is 1. The van der Waals surface area contributed by atoms with E-state index in [4.69, 9.17) is 4.74 Å². The van der Waals surface area contributed by atoms with Gasteiger partial charge in [0.1, 0.15) is 11.6 Å². The zero-order chi connectivity index (χ0) is 12.3. The van der Waals surface area contributed by atoms with Gasteiger partial charge in [0, 0.05) is 6.07 Å². The Kier molecular flexibility index (Phi) is 3.91. The van der Waals surface area contributed by atoms with Gasteiger partial charge >= 0.3 is 0 Å². The summed E-state index contributed by atoms with van der Waals surface area (Å²) in [4.78, 5) is 11.6. The molecule has 0 spiro atoms. The average Bonchev–Trinajstić information content (AvgIpc) is 2.19. The number of rotatable bonds is 3. The molecule has 16 heavy (non-hydrogen) atoms. The molecule has 0 aliphatic carbocycles. The SMILES string of the molecule is COc1ccc(F)c(NC(=O)C(C)(C)Br)c1. The second-order valence-corrected chi connectivity index (χ2v) is 5.75. The van der Waals surface area contributed by atoms with Crippen molar-refractivity contribution in [2.45, 2.75) is 18.2 Å². The molecule has 0 radical (unpaired) electrons. The van der Waals surface area contributed by atoms with Crippen LogP contribution in [0.2, 0.25) is 0 Å². The van der Waals surface area contributed by atoms with Crippen LogP contribution in [-0.2, 0) is 4.79 Å². The first-order valence-corrected chi connectivity index (χ1v) is 5.48. The first kappa shape index (κ1) is 13.0. The van der Waals surface area contributed by atoms with E-state index < -0.39 is 10.1 Å². The van der Waals surface area contributed by atoms with Crippen molar-refractivity contribution in [2.75, 3.05) is 12.4 Å². The number of methoxy groups -OCH3 is 1. The van der Waals surface area contributed by atoms with Crippen LogP contribution in [0.5, 0.6) is 5.75 Å². The van der Waals surface area contributed by atoms with E-state index in [-0.39, 0.29) is 11.6 Å². The van der Waals surface area contributed by atoms with Gasteiger partial charge in [-0.25, -0.2) is 4.39 Å². The Morgan fingerprint density at radius 2 is 2.12 bits per heavy atom. The van der Waals surface area contributed by atoms with E-state index in [1.165, 1.54) is 25.3 Å². The average molecular weight is 290 g/mol. The van der Waals surface area contributed by atoms with Crippen molar-refractivity contribution < 1.29 is 13.9 Å². The second kappa shape index (κ2) is 4.82. The molecule has 0 bridgehead atoms. The number of carbonyl (C=O) groups excluding carboxylic acids is 1. The number of ether oxygens (including phenoxy) is 1. The number of anilines is 1. The van der Waals surface area contributed by atoms with Crippen LogP contribution in [0, 0.1) is 5.82 Å². The predicted octanol–water partition coefficient (Wildman–Crippen LogP) is 2.95. The maximum atomic E-state index is 13.4. The molecule has 0 aliphatic heterocycles. The number of amides is 1. The van der Waals surface area contributed by atoms with Gasteiger partial charge in [-0.05, 0) is 26.0 Å². The number of benzene rings is 1. The predicted molar refractivity (Wildman–Crippen MR) is 64.6 cm³/mol. The van der Waals surface area contributed by atoms with Gasteiger partial charge in [-0.2, -0.15) is 0 Å². The Morgan fingerprint density at radius 3 is 2.62 bits per heavy atom. The lowest BCUT2D eigenvalue weighted by Gasteiger charge is -2.16. The lowest BCUT2D eigenvalue weighted by Crippen LogP contribution is -2.31. The third-order valence-electron chi connectivity index (χ3n) is 1.96. The van der Waals surface area contributed by atoms with E-state index in [1.54, 1.807) is 13.8 Å². The largest absolute Gasteiger partial charge is 0.497 e. The van der Waals surface area contributed by atoms with Gasteiger partial charge < -0.3 is 10.1 Å². The highest BCUT2D eigenvalue weighted by Gasteiger charge is 2.24. The molecule has 1 amide bonds. The van der Waals surface area contributed by atoms with E-state index >= 15 is 0 Å². The van der Waals surface area contributed by atoms with Crippen molar-refractivity contribution in [3.8, 4) is 5.75 Å². The van der Waals surface area contributed by atoms with Gasteiger partial charge in [-0.3, -0.25) is 4.79 Å². The number of halogens is 2. The molecule has 0 saturated carbocycles. The highest BCUT2D eigenvalue weighted by atomic mass is 79.9. The molecular weight excluding hydrogens is 277 g/mol. The lowest BCUT2D eigenvalue weighted by atomic mass is 10.2. The third kappa shape index (κ3) is 3.20. The van der Waals surface area contributed by atoms with Crippen molar-refractivity contribution in [3.05, 3.63) is 24.0 Å². The van der Waals surface area contributed by atoms with Gasteiger partial charge in [0.25, 0.3) is 0 Å².